The van der Waals surface area contributed by atoms with E-state index in [0.29, 0.717) is 5.56 Å². The minimum Gasteiger partial charge on any atom is -0.350 e. The van der Waals surface area contributed by atoms with Crippen molar-refractivity contribution in [2.75, 3.05) is 0 Å². The van der Waals surface area contributed by atoms with Crippen LogP contribution in [0.2, 0.25) is 0 Å². The summed E-state index contributed by atoms with van der Waals surface area (Å²) in [4.78, 5) is 11.6. The molecule has 0 aliphatic carbocycles. The summed E-state index contributed by atoms with van der Waals surface area (Å²) in [5.74, 6) is -0.293. The minimum atomic E-state index is -3.75. The number of hydrogen-bond acceptors (Lipinski definition) is 6. The zero-order valence-electron chi connectivity index (χ0n) is 10.3. The molecule has 0 aliphatic heterocycles. The Morgan fingerprint density at radius 3 is 2.85 bits per heavy atom. The van der Waals surface area contributed by atoms with E-state index >= 15 is 0 Å². The first-order valence-electron chi connectivity index (χ1n) is 5.54. The summed E-state index contributed by atoms with van der Waals surface area (Å²) in [6, 6.07) is 6.04. The molecule has 2 rings (SSSR count). The van der Waals surface area contributed by atoms with Gasteiger partial charge in [0.2, 0.25) is 15.9 Å². The van der Waals surface area contributed by atoms with Crippen LogP contribution >= 0.6 is 0 Å². The molecule has 1 amide bonds. The van der Waals surface area contributed by atoms with Crippen molar-refractivity contribution in [2.45, 2.75) is 18.0 Å². The molecule has 0 aliphatic rings. The van der Waals surface area contributed by atoms with Crippen LogP contribution in [0.25, 0.3) is 0 Å². The highest BCUT2D eigenvalue weighted by Crippen LogP contribution is 2.09. The van der Waals surface area contributed by atoms with Gasteiger partial charge in [0.15, 0.2) is 0 Å². The second-order valence-corrected chi connectivity index (χ2v) is 5.54. The lowest BCUT2D eigenvalue weighted by molar-refractivity contribution is -0.122. The van der Waals surface area contributed by atoms with Crippen molar-refractivity contribution >= 4 is 15.9 Å². The first-order chi connectivity index (χ1) is 9.45. The summed E-state index contributed by atoms with van der Waals surface area (Å²) in [5.41, 5.74) is 0.626. The Hall–Kier alpha value is -2.33. The lowest BCUT2D eigenvalue weighted by Gasteiger charge is -2.06. The van der Waals surface area contributed by atoms with Gasteiger partial charge in [0, 0.05) is 6.54 Å². The fourth-order valence-corrected chi connectivity index (χ4v) is 2.07. The first kappa shape index (κ1) is 14.1. The Kier molecular flexibility index (Phi) is 4.05. The molecule has 10 heteroatoms. The molecule has 0 saturated heterocycles. The molecule has 2 aromatic rings. The largest absolute Gasteiger partial charge is 0.350 e. The third-order valence-corrected chi connectivity index (χ3v) is 3.32. The van der Waals surface area contributed by atoms with Crippen LogP contribution in [-0.4, -0.2) is 34.5 Å². The zero-order chi connectivity index (χ0) is 14.6. The highest BCUT2D eigenvalue weighted by atomic mass is 32.2. The van der Waals surface area contributed by atoms with E-state index in [4.69, 9.17) is 5.14 Å². The molecule has 106 valence electrons. The van der Waals surface area contributed by atoms with E-state index in [9.17, 15) is 13.2 Å². The monoisotopic (exact) mass is 296 g/mol. The van der Waals surface area contributed by atoms with Crippen molar-refractivity contribution in [3.8, 4) is 0 Å². The lowest BCUT2D eigenvalue weighted by atomic mass is 10.2. The normalized spacial score (nSPS) is 11.2. The van der Waals surface area contributed by atoms with Crippen molar-refractivity contribution in [1.82, 2.24) is 25.5 Å². The van der Waals surface area contributed by atoms with Gasteiger partial charge in [-0.3, -0.25) is 4.79 Å². The number of aromatic nitrogens is 4. The van der Waals surface area contributed by atoms with Gasteiger partial charge in [-0.05, 0) is 28.1 Å². The molecule has 0 saturated carbocycles. The van der Waals surface area contributed by atoms with E-state index in [1.54, 1.807) is 12.1 Å². The average Bonchev–Trinajstić information content (AvgIpc) is 2.88. The lowest BCUT2D eigenvalue weighted by Crippen LogP contribution is -2.27. The fourth-order valence-electron chi connectivity index (χ4n) is 1.49. The van der Waals surface area contributed by atoms with Crippen LogP contribution in [0, 0.1) is 0 Å². The summed E-state index contributed by atoms with van der Waals surface area (Å²) in [5, 5.41) is 18.0. The number of rotatable bonds is 5. The molecular weight excluding hydrogens is 284 g/mol. The molecule has 0 fully saturated rings. The van der Waals surface area contributed by atoms with Crippen LogP contribution in [0.15, 0.2) is 35.5 Å². The molecule has 1 heterocycles. The van der Waals surface area contributed by atoms with E-state index in [2.05, 4.69) is 20.8 Å². The predicted octanol–water partition coefficient (Wildman–Crippen LogP) is -1.36. The van der Waals surface area contributed by atoms with Gasteiger partial charge in [-0.25, -0.2) is 18.2 Å². The minimum absolute atomic E-state index is 0.00438. The molecule has 0 bridgehead atoms. The second-order valence-electron chi connectivity index (χ2n) is 3.98. The summed E-state index contributed by atoms with van der Waals surface area (Å²) >= 11 is 0. The van der Waals surface area contributed by atoms with Crippen molar-refractivity contribution in [1.29, 1.82) is 0 Å². The van der Waals surface area contributed by atoms with Gasteiger partial charge < -0.3 is 5.32 Å². The van der Waals surface area contributed by atoms with Crippen LogP contribution in [0.4, 0.5) is 0 Å². The molecule has 20 heavy (non-hydrogen) atoms. The zero-order valence-corrected chi connectivity index (χ0v) is 11.1. The average molecular weight is 296 g/mol. The van der Waals surface area contributed by atoms with Crippen LogP contribution in [-0.2, 0) is 27.9 Å². The van der Waals surface area contributed by atoms with Gasteiger partial charge in [-0.1, -0.05) is 12.1 Å². The molecule has 0 unspecified atom stereocenters. The summed E-state index contributed by atoms with van der Waals surface area (Å²) < 4.78 is 23.7. The summed E-state index contributed by atoms with van der Waals surface area (Å²) in [7, 11) is -3.75. The third-order valence-electron chi connectivity index (χ3n) is 2.41. The van der Waals surface area contributed by atoms with Crippen LogP contribution in [0.5, 0.6) is 0 Å². The maximum absolute atomic E-state index is 11.6. The van der Waals surface area contributed by atoms with E-state index in [1.165, 1.54) is 23.1 Å². The van der Waals surface area contributed by atoms with Crippen LogP contribution in [0.1, 0.15) is 5.56 Å². The van der Waals surface area contributed by atoms with E-state index in [0.717, 1.165) is 0 Å². The van der Waals surface area contributed by atoms with E-state index in [-0.39, 0.29) is 23.9 Å². The SMILES string of the molecule is NS(=O)(=O)c1cccc(CNC(=O)Cn2cnnn2)c1. The molecule has 9 nitrogen and oxygen atoms in total. The molecule has 0 radical (unpaired) electrons. The van der Waals surface area contributed by atoms with Gasteiger partial charge in [-0.15, -0.1) is 5.10 Å². The number of tetrazole rings is 1. The highest BCUT2D eigenvalue weighted by molar-refractivity contribution is 7.89. The molecule has 0 atom stereocenters. The Balaban J connectivity index is 1.96. The van der Waals surface area contributed by atoms with E-state index < -0.39 is 10.0 Å². The fraction of sp³-hybridized carbons (Fsp3) is 0.200. The Morgan fingerprint density at radius 1 is 1.40 bits per heavy atom. The van der Waals surface area contributed by atoms with Gasteiger partial charge in [0.05, 0.1) is 4.90 Å². The third kappa shape index (κ3) is 3.83. The topological polar surface area (TPSA) is 133 Å². The summed E-state index contributed by atoms with van der Waals surface area (Å²) in [6.45, 7) is 0.173. The van der Waals surface area contributed by atoms with Crippen molar-refractivity contribution < 1.29 is 13.2 Å². The Bertz CT molecular complexity index is 698. The smallest absolute Gasteiger partial charge is 0.242 e. The number of carbonyl (C=O) groups is 1. The van der Waals surface area contributed by atoms with Crippen molar-refractivity contribution in [3.05, 3.63) is 36.2 Å². The highest BCUT2D eigenvalue weighted by Gasteiger charge is 2.09. The second kappa shape index (κ2) is 5.75. The molecule has 3 N–H and O–H groups in total. The number of benzene rings is 1. The first-order valence-corrected chi connectivity index (χ1v) is 7.09. The Morgan fingerprint density at radius 2 is 2.20 bits per heavy atom. The number of nitrogens with one attached hydrogen (secondary N) is 1. The molecule has 1 aromatic heterocycles. The molecular formula is C10H12N6O3S. The maximum atomic E-state index is 11.6. The number of sulfonamides is 1. The van der Waals surface area contributed by atoms with E-state index in [1.807, 2.05) is 0 Å². The number of nitrogens with zero attached hydrogens (tertiary/aromatic N) is 4. The number of nitrogens with two attached hydrogens (primary N) is 1. The quantitative estimate of drug-likeness (QED) is 0.700. The van der Waals surface area contributed by atoms with Crippen molar-refractivity contribution in [2.24, 2.45) is 5.14 Å². The number of hydrogen-bond donors (Lipinski definition) is 2. The number of amides is 1. The van der Waals surface area contributed by atoms with Gasteiger partial charge in [0.25, 0.3) is 0 Å². The number of carbonyl (C=O) groups excluding carboxylic acids is 1. The van der Waals surface area contributed by atoms with Crippen LogP contribution < -0.4 is 10.5 Å². The van der Waals surface area contributed by atoms with Gasteiger partial charge in [0.1, 0.15) is 12.9 Å². The predicted molar refractivity (Wildman–Crippen MR) is 67.5 cm³/mol. The van der Waals surface area contributed by atoms with Gasteiger partial charge in [-0.2, -0.15) is 0 Å². The summed E-state index contributed by atoms with van der Waals surface area (Å²) in [6.07, 6.45) is 1.32. The molecule has 0 spiro atoms. The van der Waals surface area contributed by atoms with Crippen LogP contribution in [0.3, 0.4) is 0 Å². The number of primary sulfonamides is 1. The maximum Gasteiger partial charge on any atom is 0.242 e. The standard InChI is InChI=1S/C10H12N6O3S/c11-20(18,19)9-3-1-2-8(4-9)5-12-10(17)6-16-7-13-14-15-16/h1-4,7H,5-6H2,(H,12,17)(H2,11,18,19). The molecule has 1 aromatic carbocycles. The van der Waals surface area contributed by atoms with Gasteiger partial charge >= 0.3 is 0 Å². The Labute approximate surface area is 114 Å². The van der Waals surface area contributed by atoms with Crippen molar-refractivity contribution in [3.63, 3.8) is 0 Å².